The Bertz CT molecular complexity index is 960. The summed E-state index contributed by atoms with van der Waals surface area (Å²) in [6.07, 6.45) is 0. The van der Waals surface area contributed by atoms with Crippen LogP contribution in [-0.4, -0.2) is 18.1 Å². The van der Waals surface area contributed by atoms with Gasteiger partial charge in [-0.25, -0.2) is 9.59 Å². The van der Waals surface area contributed by atoms with Crippen molar-refractivity contribution in [3.63, 3.8) is 0 Å². The molecule has 3 rings (SSSR count). The van der Waals surface area contributed by atoms with E-state index in [0.717, 1.165) is 11.3 Å². The lowest BCUT2D eigenvalue weighted by atomic mass is 10.1. The Hall–Kier alpha value is -3.08. The van der Waals surface area contributed by atoms with Gasteiger partial charge < -0.3 is 14.4 Å². The highest BCUT2D eigenvalue weighted by atomic mass is 16.4. The van der Waals surface area contributed by atoms with Gasteiger partial charge >= 0.3 is 11.6 Å². The maximum absolute atomic E-state index is 11.8. The number of fused-ring (bicyclic) bond motifs is 1. The Kier molecular flexibility index (Phi) is 4.08. The van der Waals surface area contributed by atoms with E-state index in [1.807, 2.05) is 50.4 Å². The standard InChI is InChI=1S/C19H17NO4/c1-12-8-14-9-15(18(21)22)19(23)24-17(14)10-16(12)20(2)11-13-6-4-3-5-7-13/h3-10H,11H2,1-2H3,(H,21,22). The van der Waals surface area contributed by atoms with E-state index in [9.17, 15) is 9.59 Å². The topological polar surface area (TPSA) is 70.7 Å². The zero-order chi connectivity index (χ0) is 17.3. The molecule has 0 aliphatic rings. The predicted molar refractivity (Wildman–Crippen MR) is 92.7 cm³/mol. The minimum atomic E-state index is -1.28. The number of hydrogen-bond acceptors (Lipinski definition) is 4. The number of nitrogens with zero attached hydrogens (tertiary/aromatic N) is 1. The van der Waals surface area contributed by atoms with Crippen LogP contribution in [0.3, 0.4) is 0 Å². The van der Waals surface area contributed by atoms with Crippen molar-refractivity contribution >= 4 is 22.6 Å². The van der Waals surface area contributed by atoms with E-state index in [2.05, 4.69) is 4.90 Å². The van der Waals surface area contributed by atoms with Crippen LogP contribution < -0.4 is 10.5 Å². The molecule has 0 bridgehead atoms. The minimum absolute atomic E-state index is 0.354. The minimum Gasteiger partial charge on any atom is -0.477 e. The van der Waals surface area contributed by atoms with Gasteiger partial charge in [0.2, 0.25) is 0 Å². The Balaban J connectivity index is 2.03. The van der Waals surface area contributed by atoms with E-state index in [1.54, 1.807) is 6.07 Å². The maximum atomic E-state index is 11.8. The van der Waals surface area contributed by atoms with Crippen molar-refractivity contribution in [2.45, 2.75) is 13.5 Å². The summed E-state index contributed by atoms with van der Waals surface area (Å²) >= 11 is 0. The average Bonchev–Trinajstić information content (AvgIpc) is 2.54. The summed E-state index contributed by atoms with van der Waals surface area (Å²) in [6.45, 7) is 2.66. The summed E-state index contributed by atoms with van der Waals surface area (Å²) in [5.74, 6) is -1.28. The normalized spacial score (nSPS) is 10.8. The molecule has 0 aliphatic heterocycles. The van der Waals surface area contributed by atoms with E-state index in [4.69, 9.17) is 9.52 Å². The Labute approximate surface area is 138 Å². The second-order valence-corrected chi connectivity index (χ2v) is 5.77. The average molecular weight is 323 g/mol. The highest BCUT2D eigenvalue weighted by molar-refractivity contribution is 5.92. The Morgan fingerprint density at radius 3 is 2.54 bits per heavy atom. The first-order valence-electron chi connectivity index (χ1n) is 7.52. The second kappa shape index (κ2) is 6.20. The molecule has 0 fully saturated rings. The van der Waals surface area contributed by atoms with Gasteiger partial charge in [0.25, 0.3) is 0 Å². The lowest BCUT2D eigenvalue weighted by molar-refractivity contribution is 0.0692. The number of hydrogen-bond donors (Lipinski definition) is 1. The second-order valence-electron chi connectivity index (χ2n) is 5.77. The van der Waals surface area contributed by atoms with E-state index in [1.165, 1.54) is 11.6 Å². The number of carboxylic acids is 1. The first-order valence-corrected chi connectivity index (χ1v) is 7.52. The molecule has 0 radical (unpaired) electrons. The van der Waals surface area contributed by atoms with E-state index < -0.39 is 11.6 Å². The fourth-order valence-corrected chi connectivity index (χ4v) is 2.77. The van der Waals surface area contributed by atoms with E-state index >= 15 is 0 Å². The van der Waals surface area contributed by atoms with Crippen LogP contribution in [0.1, 0.15) is 21.5 Å². The van der Waals surface area contributed by atoms with Gasteiger partial charge in [-0.1, -0.05) is 30.3 Å². The van der Waals surface area contributed by atoms with Crippen molar-refractivity contribution in [1.82, 2.24) is 0 Å². The zero-order valence-electron chi connectivity index (χ0n) is 13.4. The molecule has 0 saturated heterocycles. The first kappa shape index (κ1) is 15.8. The van der Waals surface area contributed by atoms with Gasteiger partial charge in [0.15, 0.2) is 0 Å². The SMILES string of the molecule is Cc1cc2cc(C(=O)O)c(=O)oc2cc1N(C)Cc1ccccc1. The van der Waals surface area contributed by atoms with Gasteiger partial charge in [-0.2, -0.15) is 0 Å². The van der Waals surface area contributed by atoms with Crippen molar-refractivity contribution in [1.29, 1.82) is 0 Å². The van der Waals surface area contributed by atoms with Gasteiger partial charge in [0.05, 0.1) is 0 Å². The molecule has 5 nitrogen and oxygen atoms in total. The van der Waals surface area contributed by atoms with Gasteiger partial charge in [-0.3, -0.25) is 0 Å². The molecule has 1 aromatic heterocycles. The van der Waals surface area contributed by atoms with Gasteiger partial charge in [-0.15, -0.1) is 0 Å². The van der Waals surface area contributed by atoms with Crippen LogP contribution in [0.2, 0.25) is 0 Å². The van der Waals surface area contributed by atoms with Crippen LogP contribution >= 0.6 is 0 Å². The molecule has 0 spiro atoms. The monoisotopic (exact) mass is 323 g/mol. The highest BCUT2D eigenvalue weighted by Crippen LogP contribution is 2.27. The number of aromatic carboxylic acids is 1. The lowest BCUT2D eigenvalue weighted by Crippen LogP contribution is -2.18. The maximum Gasteiger partial charge on any atom is 0.351 e. The third kappa shape index (κ3) is 3.01. The molecular formula is C19H17NO4. The molecule has 3 aromatic rings. The lowest BCUT2D eigenvalue weighted by Gasteiger charge is -2.22. The van der Waals surface area contributed by atoms with Crippen LogP contribution in [0.4, 0.5) is 5.69 Å². The summed E-state index contributed by atoms with van der Waals surface area (Å²) in [5, 5.41) is 9.63. The molecule has 1 N–H and O–H groups in total. The highest BCUT2D eigenvalue weighted by Gasteiger charge is 2.14. The first-order chi connectivity index (χ1) is 11.5. The number of anilines is 1. The fourth-order valence-electron chi connectivity index (χ4n) is 2.77. The van der Waals surface area contributed by atoms with Crippen LogP contribution in [0, 0.1) is 6.92 Å². The summed E-state index contributed by atoms with van der Waals surface area (Å²) in [7, 11) is 1.96. The van der Waals surface area contributed by atoms with Crippen molar-refractivity contribution in [2.75, 3.05) is 11.9 Å². The van der Waals surface area contributed by atoms with Crippen LogP contribution in [0.5, 0.6) is 0 Å². The Morgan fingerprint density at radius 2 is 1.88 bits per heavy atom. The molecule has 24 heavy (non-hydrogen) atoms. The van der Waals surface area contributed by atoms with Gasteiger partial charge in [0, 0.05) is 30.7 Å². The summed E-state index contributed by atoms with van der Waals surface area (Å²) in [4.78, 5) is 24.9. The molecule has 1 heterocycles. The van der Waals surface area contributed by atoms with Crippen molar-refractivity contribution in [3.05, 3.63) is 75.6 Å². The largest absolute Gasteiger partial charge is 0.477 e. The molecule has 0 aliphatic carbocycles. The Morgan fingerprint density at radius 1 is 1.17 bits per heavy atom. The predicted octanol–water partition coefficient (Wildman–Crippen LogP) is 3.44. The van der Waals surface area contributed by atoms with E-state index in [0.29, 0.717) is 17.5 Å². The number of carbonyl (C=O) groups is 1. The molecule has 5 heteroatoms. The van der Waals surface area contributed by atoms with Crippen LogP contribution in [0.15, 0.2) is 57.7 Å². The van der Waals surface area contributed by atoms with E-state index in [-0.39, 0.29) is 5.56 Å². The quantitative estimate of drug-likeness (QED) is 0.745. The summed E-state index contributed by atoms with van der Waals surface area (Å²) < 4.78 is 5.19. The molecular weight excluding hydrogens is 306 g/mol. The molecule has 0 unspecified atom stereocenters. The zero-order valence-corrected chi connectivity index (χ0v) is 13.4. The number of benzene rings is 2. The van der Waals surface area contributed by atoms with Crippen molar-refractivity contribution in [3.8, 4) is 0 Å². The number of aryl methyl sites for hydroxylation is 1. The molecule has 122 valence electrons. The molecule has 0 saturated carbocycles. The van der Waals surface area contributed by atoms with Crippen molar-refractivity contribution < 1.29 is 14.3 Å². The molecule has 2 aromatic carbocycles. The summed E-state index contributed by atoms with van der Waals surface area (Å²) in [5.41, 5.74) is 2.26. The number of rotatable bonds is 4. The third-order valence-corrected chi connectivity index (χ3v) is 3.95. The van der Waals surface area contributed by atoms with Crippen LogP contribution in [0.25, 0.3) is 11.0 Å². The van der Waals surface area contributed by atoms with Crippen LogP contribution in [-0.2, 0) is 6.54 Å². The van der Waals surface area contributed by atoms with Crippen molar-refractivity contribution in [2.24, 2.45) is 0 Å². The van der Waals surface area contributed by atoms with Gasteiger partial charge in [0.1, 0.15) is 11.1 Å². The van der Waals surface area contributed by atoms with Gasteiger partial charge in [-0.05, 0) is 30.2 Å². The smallest absolute Gasteiger partial charge is 0.351 e. The number of carboxylic acid groups (broad SMARTS) is 1. The third-order valence-electron chi connectivity index (χ3n) is 3.95. The fraction of sp³-hybridized carbons (Fsp3) is 0.158. The molecule has 0 amide bonds. The molecule has 0 atom stereocenters. The summed E-state index contributed by atoms with van der Waals surface area (Å²) in [6, 6.07) is 15.0.